The summed E-state index contributed by atoms with van der Waals surface area (Å²) in [6, 6.07) is 4.56. The normalized spacial score (nSPS) is 11.7. The molecule has 0 heterocycles. The molecule has 0 saturated heterocycles. The molecule has 0 fully saturated rings. The summed E-state index contributed by atoms with van der Waals surface area (Å²) in [6.07, 6.45) is 1.79. The highest BCUT2D eigenvalue weighted by Crippen LogP contribution is 2.22. The molecule has 3 nitrogen and oxygen atoms in total. The molecule has 0 spiro atoms. The summed E-state index contributed by atoms with van der Waals surface area (Å²) >= 11 is 1.34. The fraction of sp³-hybridized carbons (Fsp3) is 0.125. The number of oxime groups is 1. The molecule has 0 aromatic heterocycles. The van der Waals surface area contributed by atoms with E-state index >= 15 is 0 Å². The number of thioether (sulfide) groups is 1. The number of halogens is 1. The lowest BCUT2D eigenvalue weighted by Gasteiger charge is -2.05. The van der Waals surface area contributed by atoms with Gasteiger partial charge in [-0.05, 0) is 18.4 Å². The molecule has 0 unspecified atom stereocenters. The standard InChI is InChI=1S/C8H9FN2OS/c1-13-6-4-2-3-5(9)7(6)8(10)11-12/h2-4,12H,1H3,(H2,10,11). The summed E-state index contributed by atoms with van der Waals surface area (Å²) in [5.41, 5.74) is 5.47. The van der Waals surface area contributed by atoms with Gasteiger partial charge in [0.25, 0.3) is 0 Å². The summed E-state index contributed by atoms with van der Waals surface area (Å²) in [6.45, 7) is 0. The Morgan fingerprint density at radius 2 is 2.31 bits per heavy atom. The summed E-state index contributed by atoms with van der Waals surface area (Å²) in [7, 11) is 0. The molecule has 1 rings (SSSR count). The van der Waals surface area contributed by atoms with E-state index in [1.165, 1.54) is 17.8 Å². The van der Waals surface area contributed by atoms with Gasteiger partial charge in [0.2, 0.25) is 0 Å². The fourth-order valence-electron chi connectivity index (χ4n) is 0.973. The second-order valence-corrected chi connectivity index (χ2v) is 3.15. The Bertz CT molecular complexity index is 341. The molecule has 0 amide bonds. The van der Waals surface area contributed by atoms with Crippen LogP contribution in [0.25, 0.3) is 0 Å². The number of nitrogens with two attached hydrogens (primary N) is 1. The summed E-state index contributed by atoms with van der Waals surface area (Å²) in [4.78, 5) is 0.648. The zero-order chi connectivity index (χ0) is 9.84. The van der Waals surface area contributed by atoms with Crippen molar-refractivity contribution in [3.63, 3.8) is 0 Å². The van der Waals surface area contributed by atoms with E-state index in [-0.39, 0.29) is 11.4 Å². The van der Waals surface area contributed by atoms with Gasteiger partial charge >= 0.3 is 0 Å². The van der Waals surface area contributed by atoms with Gasteiger partial charge in [0.1, 0.15) is 5.82 Å². The van der Waals surface area contributed by atoms with Crippen LogP contribution < -0.4 is 5.73 Å². The van der Waals surface area contributed by atoms with Crippen molar-refractivity contribution in [1.29, 1.82) is 0 Å². The predicted molar refractivity (Wildman–Crippen MR) is 50.7 cm³/mol. The maximum Gasteiger partial charge on any atom is 0.174 e. The average Bonchev–Trinajstić information content (AvgIpc) is 2.16. The third kappa shape index (κ3) is 1.92. The number of hydrogen-bond acceptors (Lipinski definition) is 3. The van der Waals surface area contributed by atoms with E-state index in [0.717, 1.165) is 0 Å². The van der Waals surface area contributed by atoms with Crippen LogP contribution in [0, 0.1) is 5.82 Å². The molecule has 0 saturated carbocycles. The first-order valence-electron chi connectivity index (χ1n) is 3.51. The van der Waals surface area contributed by atoms with Crippen molar-refractivity contribution < 1.29 is 9.60 Å². The molecular formula is C8H9FN2OS. The van der Waals surface area contributed by atoms with Crippen LogP contribution in [-0.4, -0.2) is 17.3 Å². The lowest BCUT2D eigenvalue weighted by Crippen LogP contribution is -2.16. The Morgan fingerprint density at radius 3 is 2.85 bits per heavy atom. The van der Waals surface area contributed by atoms with Crippen molar-refractivity contribution in [3.8, 4) is 0 Å². The summed E-state index contributed by atoms with van der Waals surface area (Å²) < 4.78 is 13.2. The van der Waals surface area contributed by atoms with Gasteiger partial charge < -0.3 is 10.9 Å². The van der Waals surface area contributed by atoms with Crippen LogP contribution in [0.2, 0.25) is 0 Å². The second kappa shape index (κ2) is 4.13. The molecule has 70 valence electrons. The lowest BCUT2D eigenvalue weighted by atomic mass is 10.2. The molecule has 5 heteroatoms. The van der Waals surface area contributed by atoms with Gasteiger partial charge in [0, 0.05) is 4.90 Å². The quantitative estimate of drug-likeness (QED) is 0.251. The zero-order valence-electron chi connectivity index (χ0n) is 6.99. The monoisotopic (exact) mass is 200 g/mol. The van der Waals surface area contributed by atoms with Crippen molar-refractivity contribution in [2.24, 2.45) is 10.9 Å². The highest BCUT2D eigenvalue weighted by molar-refractivity contribution is 7.98. The van der Waals surface area contributed by atoms with Crippen LogP contribution in [0.15, 0.2) is 28.3 Å². The number of nitrogens with zero attached hydrogens (tertiary/aromatic N) is 1. The Balaban J connectivity index is 3.31. The SMILES string of the molecule is CSc1cccc(F)c1C(N)=NO. The maximum atomic E-state index is 13.2. The van der Waals surface area contributed by atoms with Crippen molar-refractivity contribution in [2.75, 3.05) is 6.26 Å². The molecule has 1 aromatic carbocycles. The number of benzene rings is 1. The smallest absolute Gasteiger partial charge is 0.174 e. The Kier molecular flexibility index (Phi) is 3.13. The predicted octanol–water partition coefficient (Wildman–Crippen LogP) is 1.64. The highest BCUT2D eigenvalue weighted by Gasteiger charge is 2.11. The minimum atomic E-state index is -0.484. The van der Waals surface area contributed by atoms with Crippen LogP contribution in [-0.2, 0) is 0 Å². The van der Waals surface area contributed by atoms with E-state index in [2.05, 4.69) is 5.16 Å². The van der Waals surface area contributed by atoms with Crippen LogP contribution in [0.4, 0.5) is 4.39 Å². The minimum absolute atomic E-state index is 0.150. The minimum Gasteiger partial charge on any atom is -0.409 e. The van der Waals surface area contributed by atoms with E-state index in [0.29, 0.717) is 4.90 Å². The molecule has 0 aliphatic carbocycles. The van der Waals surface area contributed by atoms with Crippen molar-refractivity contribution >= 4 is 17.6 Å². The van der Waals surface area contributed by atoms with Gasteiger partial charge in [-0.15, -0.1) is 11.8 Å². The van der Waals surface area contributed by atoms with E-state index in [9.17, 15) is 4.39 Å². The van der Waals surface area contributed by atoms with Gasteiger partial charge in [-0.25, -0.2) is 4.39 Å². The van der Waals surface area contributed by atoms with E-state index < -0.39 is 5.82 Å². The summed E-state index contributed by atoms with van der Waals surface area (Å²) in [5.74, 6) is -0.690. The van der Waals surface area contributed by atoms with Crippen molar-refractivity contribution in [3.05, 3.63) is 29.6 Å². The molecular weight excluding hydrogens is 191 g/mol. The Morgan fingerprint density at radius 1 is 1.62 bits per heavy atom. The van der Waals surface area contributed by atoms with Crippen molar-refractivity contribution in [1.82, 2.24) is 0 Å². The molecule has 1 aromatic rings. The second-order valence-electron chi connectivity index (χ2n) is 2.30. The van der Waals surface area contributed by atoms with Gasteiger partial charge in [-0.1, -0.05) is 11.2 Å². The van der Waals surface area contributed by atoms with Crippen LogP contribution >= 0.6 is 11.8 Å². The maximum absolute atomic E-state index is 13.2. The zero-order valence-corrected chi connectivity index (χ0v) is 7.81. The third-order valence-electron chi connectivity index (χ3n) is 1.56. The average molecular weight is 200 g/mol. The summed E-state index contributed by atoms with van der Waals surface area (Å²) in [5, 5.41) is 11.2. The number of rotatable bonds is 2. The van der Waals surface area contributed by atoms with E-state index in [1.54, 1.807) is 18.4 Å². The van der Waals surface area contributed by atoms with Gasteiger partial charge in [-0.2, -0.15) is 0 Å². The molecule has 0 atom stereocenters. The first-order chi connectivity index (χ1) is 6.20. The van der Waals surface area contributed by atoms with Gasteiger partial charge in [0.15, 0.2) is 5.84 Å². The highest BCUT2D eigenvalue weighted by atomic mass is 32.2. The van der Waals surface area contributed by atoms with Gasteiger partial charge in [-0.3, -0.25) is 0 Å². The third-order valence-corrected chi connectivity index (χ3v) is 2.34. The van der Waals surface area contributed by atoms with Crippen molar-refractivity contribution in [2.45, 2.75) is 4.90 Å². The topological polar surface area (TPSA) is 58.6 Å². The fourth-order valence-corrected chi connectivity index (χ4v) is 1.59. The van der Waals surface area contributed by atoms with E-state index in [4.69, 9.17) is 10.9 Å². The molecule has 0 bridgehead atoms. The van der Waals surface area contributed by atoms with E-state index in [1.807, 2.05) is 0 Å². The number of amidine groups is 1. The lowest BCUT2D eigenvalue weighted by molar-refractivity contribution is 0.318. The van der Waals surface area contributed by atoms with Crippen LogP contribution in [0.3, 0.4) is 0 Å². The van der Waals surface area contributed by atoms with Gasteiger partial charge in [0.05, 0.1) is 5.56 Å². The molecule has 13 heavy (non-hydrogen) atoms. The molecule has 0 radical (unpaired) electrons. The molecule has 3 N–H and O–H groups in total. The first-order valence-corrected chi connectivity index (χ1v) is 4.73. The first kappa shape index (κ1) is 9.85. The Hall–Kier alpha value is -1.23. The van der Waals surface area contributed by atoms with Crippen LogP contribution in [0.1, 0.15) is 5.56 Å². The van der Waals surface area contributed by atoms with Crippen LogP contribution in [0.5, 0.6) is 0 Å². The largest absolute Gasteiger partial charge is 0.409 e. The molecule has 0 aliphatic rings. The number of hydrogen-bond donors (Lipinski definition) is 2. The Labute approximate surface area is 79.4 Å². The molecule has 0 aliphatic heterocycles.